The average Bonchev–Trinajstić information content (AvgIpc) is 2.26. The molecule has 0 radical (unpaired) electrons. The minimum absolute atomic E-state index is 0.269. The normalized spacial score (nSPS) is 13.7. The monoisotopic (exact) mass is 184 g/mol. The van der Waals surface area contributed by atoms with E-state index >= 15 is 0 Å². The van der Waals surface area contributed by atoms with Crippen LogP contribution in [0, 0.1) is 0 Å². The Balaban J connectivity index is 2.19. The maximum atomic E-state index is 11.2. The molecule has 1 aliphatic carbocycles. The van der Waals surface area contributed by atoms with Gasteiger partial charge in [0.2, 0.25) is 10.9 Å². The van der Waals surface area contributed by atoms with Crippen LogP contribution >= 0.6 is 0 Å². The molecule has 0 spiro atoms. The molecular formula is C12H8O2. The van der Waals surface area contributed by atoms with Crippen molar-refractivity contribution in [2.45, 2.75) is 12.8 Å². The highest BCUT2D eigenvalue weighted by Crippen LogP contribution is 2.23. The summed E-state index contributed by atoms with van der Waals surface area (Å²) in [7, 11) is 0. The van der Waals surface area contributed by atoms with Crippen LogP contribution in [-0.2, 0) is 12.8 Å². The van der Waals surface area contributed by atoms with E-state index in [1.807, 2.05) is 24.3 Å². The predicted molar refractivity (Wildman–Crippen MR) is 53.4 cm³/mol. The Kier molecular flexibility index (Phi) is 1.32. The predicted octanol–water partition coefficient (Wildman–Crippen LogP) is 0.778. The van der Waals surface area contributed by atoms with Crippen LogP contribution in [0.2, 0.25) is 0 Å². The van der Waals surface area contributed by atoms with E-state index in [9.17, 15) is 9.59 Å². The summed E-state index contributed by atoms with van der Waals surface area (Å²) in [6, 6.07) is 7.98. The van der Waals surface area contributed by atoms with Crippen LogP contribution in [0.4, 0.5) is 0 Å². The molecule has 0 atom stereocenters. The van der Waals surface area contributed by atoms with Crippen LogP contribution in [0.3, 0.4) is 0 Å². The summed E-state index contributed by atoms with van der Waals surface area (Å²) in [5.74, 6) is 0. The molecule has 2 aromatic rings. The third kappa shape index (κ3) is 0.803. The zero-order valence-electron chi connectivity index (χ0n) is 7.54. The van der Waals surface area contributed by atoms with E-state index in [0.29, 0.717) is 12.8 Å². The lowest BCUT2D eigenvalue weighted by Crippen LogP contribution is -2.41. The molecule has 0 unspecified atom stereocenters. The fraction of sp³-hybridized carbons (Fsp3) is 0.167. The molecule has 0 aliphatic heterocycles. The highest BCUT2D eigenvalue weighted by atomic mass is 16.2. The van der Waals surface area contributed by atoms with Crippen LogP contribution in [0.5, 0.6) is 0 Å². The Bertz CT molecular complexity index is 534. The van der Waals surface area contributed by atoms with Crippen LogP contribution in [-0.4, -0.2) is 0 Å². The van der Waals surface area contributed by atoms with Gasteiger partial charge in [-0.05, 0) is 11.1 Å². The summed E-state index contributed by atoms with van der Waals surface area (Å²) in [5, 5.41) is 0. The van der Waals surface area contributed by atoms with E-state index in [2.05, 4.69) is 0 Å². The third-order valence-electron chi connectivity index (χ3n) is 2.97. The molecule has 1 aliphatic rings. The van der Waals surface area contributed by atoms with Crippen LogP contribution < -0.4 is 10.9 Å². The minimum Gasteiger partial charge on any atom is -0.285 e. The fourth-order valence-electron chi connectivity index (χ4n) is 2.14. The first-order chi connectivity index (χ1) is 6.77. The zero-order valence-corrected chi connectivity index (χ0v) is 7.54. The van der Waals surface area contributed by atoms with Crippen LogP contribution in [0.1, 0.15) is 22.3 Å². The standard InChI is InChI=1S/C12H8O2/c13-11-9-5-7-3-1-2-4-8(7)6-10(9)12(11)14/h1-4H,5-6H2. The van der Waals surface area contributed by atoms with Gasteiger partial charge in [0, 0.05) is 24.0 Å². The van der Waals surface area contributed by atoms with Crippen molar-refractivity contribution >= 4 is 0 Å². The lowest BCUT2D eigenvalue weighted by molar-refractivity contribution is 0.938. The van der Waals surface area contributed by atoms with Gasteiger partial charge in [-0.1, -0.05) is 24.3 Å². The van der Waals surface area contributed by atoms with Gasteiger partial charge in [-0.2, -0.15) is 0 Å². The molecule has 0 bridgehead atoms. The highest BCUT2D eigenvalue weighted by molar-refractivity contribution is 5.47. The van der Waals surface area contributed by atoms with E-state index in [4.69, 9.17) is 0 Å². The highest BCUT2D eigenvalue weighted by Gasteiger charge is 2.25. The van der Waals surface area contributed by atoms with Gasteiger partial charge in [0.05, 0.1) is 0 Å². The number of hydrogen-bond acceptors (Lipinski definition) is 2. The molecule has 0 fully saturated rings. The molecule has 0 saturated heterocycles. The molecule has 68 valence electrons. The lowest BCUT2D eigenvalue weighted by atomic mass is 9.82. The van der Waals surface area contributed by atoms with Crippen molar-refractivity contribution < 1.29 is 0 Å². The molecule has 2 nitrogen and oxygen atoms in total. The van der Waals surface area contributed by atoms with Crippen molar-refractivity contribution in [3.63, 3.8) is 0 Å². The first-order valence-corrected chi connectivity index (χ1v) is 4.65. The van der Waals surface area contributed by atoms with Crippen molar-refractivity contribution in [3.8, 4) is 0 Å². The number of hydrogen-bond donors (Lipinski definition) is 0. The van der Waals surface area contributed by atoms with E-state index in [0.717, 1.165) is 11.1 Å². The molecule has 0 aromatic heterocycles. The molecule has 2 heteroatoms. The summed E-state index contributed by atoms with van der Waals surface area (Å²) in [6.07, 6.45) is 1.30. The second-order valence-corrected chi connectivity index (χ2v) is 3.74. The first-order valence-electron chi connectivity index (χ1n) is 4.65. The maximum Gasteiger partial charge on any atom is 0.229 e. The smallest absolute Gasteiger partial charge is 0.229 e. The molecule has 0 amide bonds. The van der Waals surface area contributed by atoms with E-state index in [1.54, 1.807) is 0 Å². The minimum atomic E-state index is -0.269. The zero-order chi connectivity index (χ0) is 9.71. The van der Waals surface area contributed by atoms with Gasteiger partial charge in [0.25, 0.3) is 0 Å². The largest absolute Gasteiger partial charge is 0.285 e. The van der Waals surface area contributed by atoms with Crippen LogP contribution in [0.25, 0.3) is 0 Å². The summed E-state index contributed by atoms with van der Waals surface area (Å²) in [5.41, 5.74) is 3.32. The number of rotatable bonds is 0. The average molecular weight is 184 g/mol. The third-order valence-corrected chi connectivity index (χ3v) is 2.97. The summed E-state index contributed by atoms with van der Waals surface area (Å²) < 4.78 is 0. The molecule has 0 N–H and O–H groups in total. The van der Waals surface area contributed by atoms with Gasteiger partial charge in [0.15, 0.2) is 0 Å². The van der Waals surface area contributed by atoms with Crippen molar-refractivity contribution in [3.05, 3.63) is 67.0 Å². The SMILES string of the molecule is O=c1c2c(c1=O)Cc1ccccc1C2. The summed E-state index contributed by atoms with van der Waals surface area (Å²) in [6.45, 7) is 0. The molecule has 0 saturated carbocycles. The van der Waals surface area contributed by atoms with Gasteiger partial charge in [0.1, 0.15) is 0 Å². The van der Waals surface area contributed by atoms with Crippen molar-refractivity contribution in [1.29, 1.82) is 0 Å². The number of benzene rings is 1. The molecule has 14 heavy (non-hydrogen) atoms. The Morgan fingerprint density at radius 1 is 0.786 bits per heavy atom. The Labute approximate surface area is 80.5 Å². The van der Waals surface area contributed by atoms with E-state index < -0.39 is 0 Å². The molecule has 0 heterocycles. The summed E-state index contributed by atoms with van der Waals surface area (Å²) >= 11 is 0. The molecule has 2 aromatic carbocycles. The first kappa shape index (κ1) is 7.68. The molecule has 3 rings (SSSR count). The Morgan fingerprint density at radius 3 is 1.64 bits per heavy atom. The number of fused-ring (bicyclic) bond motifs is 2. The topological polar surface area (TPSA) is 34.1 Å². The molecular weight excluding hydrogens is 176 g/mol. The van der Waals surface area contributed by atoms with E-state index in [-0.39, 0.29) is 10.9 Å². The van der Waals surface area contributed by atoms with Gasteiger partial charge in [-0.25, -0.2) is 0 Å². The summed E-state index contributed by atoms with van der Waals surface area (Å²) in [4.78, 5) is 22.4. The fourth-order valence-corrected chi connectivity index (χ4v) is 2.14. The van der Waals surface area contributed by atoms with Crippen molar-refractivity contribution in [2.24, 2.45) is 0 Å². The quantitative estimate of drug-likeness (QED) is 0.484. The Morgan fingerprint density at radius 2 is 1.21 bits per heavy atom. The van der Waals surface area contributed by atoms with Gasteiger partial charge >= 0.3 is 0 Å². The van der Waals surface area contributed by atoms with Gasteiger partial charge in [-0.15, -0.1) is 0 Å². The van der Waals surface area contributed by atoms with Gasteiger partial charge < -0.3 is 0 Å². The maximum absolute atomic E-state index is 11.2. The second-order valence-electron chi connectivity index (χ2n) is 3.74. The van der Waals surface area contributed by atoms with Crippen molar-refractivity contribution in [2.75, 3.05) is 0 Å². The Hall–Kier alpha value is -1.70. The van der Waals surface area contributed by atoms with Crippen LogP contribution in [0.15, 0.2) is 33.9 Å². The van der Waals surface area contributed by atoms with Gasteiger partial charge in [-0.3, -0.25) is 9.59 Å². The second kappa shape index (κ2) is 2.41. The van der Waals surface area contributed by atoms with Crippen molar-refractivity contribution in [1.82, 2.24) is 0 Å². The van der Waals surface area contributed by atoms with E-state index in [1.165, 1.54) is 11.1 Å². The lowest BCUT2D eigenvalue weighted by Gasteiger charge is -2.19.